The van der Waals surface area contributed by atoms with Gasteiger partial charge < -0.3 is 4.90 Å². The van der Waals surface area contributed by atoms with Crippen molar-refractivity contribution < 1.29 is 4.79 Å². The molecule has 2 aromatic rings. The summed E-state index contributed by atoms with van der Waals surface area (Å²) in [6.07, 6.45) is 4.19. The fourth-order valence-corrected chi connectivity index (χ4v) is 3.29. The highest BCUT2D eigenvalue weighted by molar-refractivity contribution is 7.09. The molecular formula is C19H26N4OS. The van der Waals surface area contributed by atoms with Gasteiger partial charge in [0.05, 0.1) is 12.6 Å². The fourth-order valence-electron chi connectivity index (χ4n) is 2.52. The predicted octanol–water partition coefficient (Wildman–Crippen LogP) is 3.77. The summed E-state index contributed by atoms with van der Waals surface area (Å²) in [5.74, 6) is -0.153. The lowest BCUT2D eigenvalue weighted by Gasteiger charge is -2.23. The van der Waals surface area contributed by atoms with E-state index in [2.05, 4.69) is 46.4 Å². The van der Waals surface area contributed by atoms with Crippen molar-refractivity contribution >= 4 is 29.1 Å². The second kappa shape index (κ2) is 9.93. The molecule has 1 heterocycles. The minimum absolute atomic E-state index is 0.153. The minimum Gasteiger partial charge on any atom is -0.372 e. The molecule has 134 valence electrons. The molecule has 25 heavy (non-hydrogen) atoms. The van der Waals surface area contributed by atoms with Crippen molar-refractivity contribution in [3.63, 3.8) is 0 Å². The topological polar surface area (TPSA) is 57.6 Å². The molecule has 0 spiro atoms. The van der Waals surface area contributed by atoms with Gasteiger partial charge in [-0.1, -0.05) is 26.0 Å². The van der Waals surface area contributed by atoms with Gasteiger partial charge in [-0.3, -0.25) is 4.79 Å². The summed E-state index contributed by atoms with van der Waals surface area (Å²) in [7, 11) is 0. The Bertz CT molecular complexity index is 688. The van der Waals surface area contributed by atoms with Crippen molar-refractivity contribution in [2.24, 2.45) is 5.10 Å². The van der Waals surface area contributed by atoms with Crippen LogP contribution in [0.4, 0.5) is 5.69 Å². The molecule has 6 heteroatoms. The zero-order valence-electron chi connectivity index (χ0n) is 15.2. The number of nitrogens with one attached hydrogen (secondary N) is 1. The Hall–Kier alpha value is -2.21. The summed E-state index contributed by atoms with van der Waals surface area (Å²) < 4.78 is 0. The van der Waals surface area contributed by atoms with Crippen molar-refractivity contribution in [1.82, 2.24) is 10.4 Å². The first-order valence-corrected chi connectivity index (χ1v) is 9.58. The highest BCUT2D eigenvalue weighted by Crippen LogP contribution is 2.15. The number of hydrazone groups is 1. The van der Waals surface area contributed by atoms with E-state index in [1.807, 2.05) is 24.4 Å². The second-order valence-electron chi connectivity index (χ2n) is 5.93. The quantitative estimate of drug-likeness (QED) is 0.548. The average molecular weight is 359 g/mol. The van der Waals surface area contributed by atoms with E-state index < -0.39 is 0 Å². The predicted molar refractivity (Wildman–Crippen MR) is 106 cm³/mol. The number of carbonyl (C=O) groups excluding carboxylic acids is 1. The largest absolute Gasteiger partial charge is 0.372 e. The number of rotatable bonds is 9. The number of nitrogens with zero attached hydrogens (tertiary/aromatic N) is 3. The van der Waals surface area contributed by atoms with E-state index >= 15 is 0 Å². The van der Waals surface area contributed by atoms with Gasteiger partial charge in [-0.25, -0.2) is 10.4 Å². The van der Waals surface area contributed by atoms with Crippen LogP contribution in [0.25, 0.3) is 0 Å². The number of hydrogen-bond acceptors (Lipinski definition) is 5. The van der Waals surface area contributed by atoms with E-state index in [9.17, 15) is 4.79 Å². The summed E-state index contributed by atoms with van der Waals surface area (Å²) in [5, 5.41) is 6.78. The molecule has 0 bridgehead atoms. The Labute approximate surface area is 153 Å². The van der Waals surface area contributed by atoms with Crippen LogP contribution in [0.2, 0.25) is 0 Å². The first-order chi connectivity index (χ1) is 12.1. The van der Waals surface area contributed by atoms with Gasteiger partial charge in [0.1, 0.15) is 5.01 Å². The maximum atomic E-state index is 11.8. The number of carbonyl (C=O) groups is 1. The van der Waals surface area contributed by atoms with Crippen molar-refractivity contribution in [2.45, 2.75) is 40.0 Å². The molecule has 0 fully saturated rings. The molecule has 2 rings (SSSR count). The van der Waals surface area contributed by atoms with E-state index in [4.69, 9.17) is 0 Å². The van der Waals surface area contributed by atoms with Crippen LogP contribution in [0.15, 0.2) is 34.7 Å². The van der Waals surface area contributed by atoms with E-state index in [0.717, 1.165) is 42.2 Å². The molecule has 0 saturated carbocycles. The van der Waals surface area contributed by atoms with Gasteiger partial charge in [-0.15, -0.1) is 11.3 Å². The molecule has 0 unspecified atom stereocenters. The van der Waals surface area contributed by atoms with Gasteiger partial charge in [0.25, 0.3) is 0 Å². The third kappa shape index (κ3) is 6.31. The third-order valence-electron chi connectivity index (χ3n) is 3.63. The zero-order valence-corrected chi connectivity index (χ0v) is 16.0. The van der Waals surface area contributed by atoms with Crippen LogP contribution < -0.4 is 10.3 Å². The lowest BCUT2D eigenvalue weighted by atomic mass is 10.2. The van der Waals surface area contributed by atoms with E-state index in [1.54, 1.807) is 6.21 Å². The standard InChI is InChI=1S/C19H26N4OS/c1-4-10-23(11-5-2)17-8-6-16(7-9-17)13-20-22-18(24)12-19-21-15(3)14-25-19/h6-9,13-14H,4-5,10-12H2,1-3H3,(H,22,24)/b20-13-. The minimum atomic E-state index is -0.153. The number of aryl methyl sites for hydroxylation is 1. The summed E-state index contributed by atoms with van der Waals surface area (Å²) in [6, 6.07) is 8.25. The summed E-state index contributed by atoms with van der Waals surface area (Å²) >= 11 is 1.49. The number of aromatic nitrogens is 1. The van der Waals surface area contributed by atoms with Gasteiger partial charge in [-0.2, -0.15) is 5.10 Å². The molecular weight excluding hydrogens is 332 g/mol. The highest BCUT2D eigenvalue weighted by Gasteiger charge is 2.06. The summed E-state index contributed by atoms with van der Waals surface area (Å²) in [6.45, 7) is 8.43. The normalized spacial score (nSPS) is 11.0. The van der Waals surface area contributed by atoms with Crippen LogP contribution in [0.3, 0.4) is 0 Å². The Morgan fingerprint density at radius 1 is 1.24 bits per heavy atom. The monoisotopic (exact) mass is 358 g/mol. The van der Waals surface area contributed by atoms with Crippen molar-refractivity contribution in [1.29, 1.82) is 0 Å². The summed E-state index contributed by atoms with van der Waals surface area (Å²) in [5.41, 5.74) is 5.68. The number of amides is 1. The maximum absolute atomic E-state index is 11.8. The number of anilines is 1. The van der Waals surface area contributed by atoms with E-state index in [-0.39, 0.29) is 12.3 Å². The SMILES string of the molecule is CCCN(CCC)c1ccc(/C=N\NC(=O)Cc2nc(C)cs2)cc1. The number of benzene rings is 1. The summed E-state index contributed by atoms with van der Waals surface area (Å²) in [4.78, 5) is 18.5. The lowest BCUT2D eigenvalue weighted by molar-refractivity contribution is -0.120. The van der Waals surface area contributed by atoms with Crippen LogP contribution >= 0.6 is 11.3 Å². The Morgan fingerprint density at radius 3 is 2.48 bits per heavy atom. The second-order valence-corrected chi connectivity index (χ2v) is 6.87. The van der Waals surface area contributed by atoms with Crippen molar-refractivity contribution in [2.75, 3.05) is 18.0 Å². The average Bonchev–Trinajstić information content (AvgIpc) is 3.00. The van der Waals surface area contributed by atoms with Crippen LogP contribution in [0, 0.1) is 6.92 Å². The molecule has 1 N–H and O–H groups in total. The molecule has 0 aliphatic carbocycles. The molecule has 0 aliphatic rings. The van der Waals surface area contributed by atoms with E-state index in [0.29, 0.717) is 0 Å². The molecule has 1 aromatic carbocycles. The Kier molecular flexibility index (Phi) is 7.60. The Morgan fingerprint density at radius 2 is 1.92 bits per heavy atom. The van der Waals surface area contributed by atoms with Gasteiger partial charge >= 0.3 is 0 Å². The third-order valence-corrected chi connectivity index (χ3v) is 4.59. The maximum Gasteiger partial charge on any atom is 0.246 e. The first-order valence-electron chi connectivity index (χ1n) is 8.70. The van der Waals surface area contributed by atoms with Crippen LogP contribution in [0.1, 0.15) is 43.0 Å². The Balaban J connectivity index is 1.87. The number of hydrogen-bond donors (Lipinski definition) is 1. The van der Waals surface area contributed by atoms with Crippen molar-refractivity contribution in [3.8, 4) is 0 Å². The molecule has 5 nitrogen and oxygen atoms in total. The highest BCUT2D eigenvalue weighted by atomic mass is 32.1. The molecule has 1 aromatic heterocycles. The van der Waals surface area contributed by atoms with E-state index in [1.165, 1.54) is 17.0 Å². The molecule has 0 radical (unpaired) electrons. The fraction of sp³-hybridized carbons (Fsp3) is 0.421. The lowest BCUT2D eigenvalue weighted by Crippen LogP contribution is -2.24. The van der Waals surface area contributed by atoms with Crippen LogP contribution in [-0.4, -0.2) is 30.2 Å². The zero-order chi connectivity index (χ0) is 18.1. The van der Waals surface area contributed by atoms with Gasteiger partial charge in [-0.05, 0) is 37.5 Å². The van der Waals surface area contributed by atoms with Gasteiger partial charge in [0.15, 0.2) is 0 Å². The van der Waals surface area contributed by atoms with Crippen LogP contribution in [-0.2, 0) is 11.2 Å². The van der Waals surface area contributed by atoms with Crippen molar-refractivity contribution in [3.05, 3.63) is 45.9 Å². The molecule has 0 atom stereocenters. The molecule has 0 aliphatic heterocycles. The van der Waals surface area contributed by atoms with Crippen LogP contribution in [0.5, 0.6) is 0 Å². The number of thiazole rings is 1. The smallest absolute Gasteiger partial charge is 0.246 e. The molecule has 0 saturated heterocycles. The first kappa shape index (κ1) is 19.1. The van der Waals surface area contributed by atoms with Gasteiger partial charge in [0, 0.05) is 29.9 Å². The van der Waals surface area contributed by atoms with Gasteiger partial charge in [0.2, 0.25) is 5.91 Å². The molecule has 1 amide bonds.